The van der Waals surface area contributed by atoms with Crippen molar-refractivity contribution in [2.45, 2.75) is 45.1 Å². The second-order valence-corrected chi connectivity index (χ2v) is 14.5. The smallest absolute Gasteiger partial charge is 0.242 e. The molecule has 0 saturated carbocycles. The average molecular weight is 654 g/mol. The van der Waals surface area contributed by atoms with Gasteiger partial charge < -0.3 is 19.7 Å². The molecule has 1 atom stereocenters. The van der Waals surface area contributed by atoms with Gasteiger partial charge in [0.25, 0.3) is 0 Å². The number of aromatic hydroxyl groups is 1. The number of hydrogen-bond acceptors (Lipinski definition) is 8. The monoisotopic (exact) mass is 653 g/mol. The van der Waals surface area contributed by atoms with E-state index in [4.69, 9.17) is 9.26 Å². The van der Waals surface area contributed by atoms with Crippen molar-refractivity contribution in [1.29, 1.82) is 0 Å². The Bertz CT molecular complexity index is 2160. The molecule has 0 bridgehead atoms. The largest absolute Gasteiger partial charge is 0.506 e. The highest BCUT2D eigenvalue weighted by atomic mass is 32.2. The summed E-state index contributed by atoms with van der Waals surface area (Å²) in [5, 5.41) is 18.8. The summed E-state index contributed by atoms with van der Waals surface area (Å²) in [6.07, 6.45) is 0.480. The van der Waals surface area contributed by atoms with Crippen molar-refractivity contribution in [3.8, 4) is 11.5 Å². The molecule has 0 spiro atoms. The summed E-state index contributed by atoms with van der Waals surface area (Å²) in [5.74, 6) is -1.66. The highest BCUT2D eigenvalue weighted by Crippen LogP contribution is 2.52. The van der Waals surface area contributed by atoms with Gasteiger partial charge in [-0.2, -0.15) is 0 Å². The number of ketones is 1. The Morgan fingerprint density at radius 2 is 1.79 bits per heavy atom. The lowest BCUT2D eigenvalue weighted by atomic mass is 9.73. The van der Waals surface area contributed by atoms with Gasteiger partial charge >= 0.3 is 0 Å². The summed E-state index contributed by atoms with van der Waals surface area (Å²) < 4.78 is 58.1. The number of nitrogens with zero attached hydrogens (tertiary/aromatic N) is 2. The van der Waals surface area contributed by atoms with E-state index in [1.165, 1.54) is 30.3 Å². The fraction of sp³-hybridized carbons (Fsp3) is 0.222. The van der Waals surface area contributed by atoms with Gasteiger partial charge in [0.05, 0.1) is 5.69 Å². The van der Waals surface area contributed by atoms with E-state index in [0.717, 1.165) is 9.87 Å². The van der Waals surface area contributed by atoms with Gasteiger partial charge in [-0.1, -0.05) is 67.5 Å². The molecule has 47 heavy (non-hydrogen) atoms. The van der Waals surface area contributed by atoms with E-state index in [2.05, 4.69) is 10.5 Å². The van der Waals surface area contributed by atoms with Crippen LogP contribution < -0.4 is 14.4 Å². The number of benzene rings is 4. The molecule has 4 aromatic carbocycles. The Hall–Kier alpha value is -5.16. The molecule has 7 rings (SSSR count). The van der Waals surface area contributed by atoms with E-state index in [0.29, 0.717) is 23.1 Å². The maximum absolute atomic E-state index is 16.4. The number of phenolic OH excluding ortho intramolecular Hbond substituents is 1. The highest BCUT2D eigenvalue weighted by molar-refractivity contribution is 7.92. The third-order valence-electron chi connectivity index (χ3n) is 8.55. The van der Waals surface area contributed by atoms with Crippen molar-refractivity contribution in [1.82, 2.24) is 5.16 Å². The SMILES string of the molecule is CC1(C)CC(=O)C2=C(C1)Nc1c(O)cccc1N(S(=O)(=O)Cc1noc3ccccc13)C2c1ccc(OCc2ccccc2)cc1F. The maximum atomic E-state index is 16.4. The predicted octanol–water partition coefficient (Wildman–Crippen LogP) is 7.40. The van der Waals surface area contributed by atoms with Crippen LogP contribution in [0.15, 0.2) is 107 Å². The molecule has 9 nitrogen and oxygen atoms in total. The first-order valence-corrected chi connectivity index (χ1v) is 16.8. The van der Waals surface area contributed by atoms with Crippen molar-refractivity contribution < 1.29 is 32.0 Å². The lowest BCUT2D eigenvalue weighted by molar-refractivity contribution is -0.118. The van der Waals surface area contributed by atoms with Crippen molar-refractivity contribution in [2.75, 3.05) is 9.62 Å². The zero-order valence-corrected chi connectivity index (χ0v) is 26.6. The van der Waals surface area contributed by atoms with E-state index in [1.54, 1.807) is 30.3 Å². The van der Waals surface area contributed by atoms with Gasteiger partial charge in [0, 0.05) is 34.7 Å². The number of carbonyl (C=O) groups excluding carboxylic acids is 1. The van der Waals surface area contributed by atoms with Crippen LogP contribution in [0.25, 0.3) is 11.0 Å². The molecule has 1 aliphatic heterocycles. The number of ether oxygens (including phenoxy) is 1. The van der Waals surface area contributed by atoms with Crippen molar-refractivity contribution in [3.05, 3.63) is 125 Å². The molecule has 0 radical (unpaired) electrons. The first-order valence-electron chi connectivity index (χ1n) is 15.2. The summed E-state index contributed by atoms with van der Waals surface area (Å²) >= 11 is 0. The molecule has 0 saturated heterocycles. The third kappa shape index (κ3) is 5.71. The Morgan fingerprint density at radius 3 is 2.57 bits per heavy atom. The molecule has 2 N–H and O–H groups in total. The normalized spacial score (nSPS) is 17.6. The van der Waals surface area contributed by atoms with Gasteiger partial charge in [-0.3, -0.25) is 9.10 Å². The number of rotatable bonds is 7. The van der Waals surface area contributed by atoms with Crippen LogP contribution in [0.4, 0.5) is 15.8 Å². The molecule has 1 aliphatic carbocycles. The van der Waals surface area contributed by atoms with Crippen molar-refractivity contribution in [2.24, 2.45) is 5.41 Å². The first-order chi connectivity index (χ1) is 22.5. The number of sulfonamides is 1. The van der Waals surface area contributed by atoms with Crippen molar-refractivity contribution >= 4 is 38.2 Å². The second-order valence-electron chi connectivity index (χ2n) is 12.7. The molecule has 2 aliphatic rings. The standard InChI is InChI=1S/C36H32FN3O6S/c1-36(2)18-27-33(31(42)19-36)35(24-16-15-23(17-26(24)37)45-20-22-9-4-3-5-10-22)40(29-12-8-13-30(41)34(29)38-27)47(43,44)21-28-25-11-6-7-14-32(25)46-39-28/h3-17,35,38,41H,18-21H2,1-2H3. The Kier molecular flexibility index (Phi) is 7.51. The number of allylic oxidation sites excluding steroid dienone is 1. The van der Waals surface area contributed by atoms with Crippen molar-refractivity contribution in [3.63, 3.8) is 0 Å². The highest BCUT2D eigenvalue weighted by Gasteiger charge is 2.46. The molecular weight excluding hydrogens is 621 g/mol. The average Bonchev–Trinajstić information content (AvgIpc) is 3.35. The number of Topliss-reactive ketones (excluding diaryl/α,β-unsaturated/α-hetero) is 1. The zero-order valence-electron chi connectivity index (χ0n) is 25.7. The van der Waals surface area contributed by atoms with E-state index in [-0.39, 0.29) is 58.5 Å². The fourth-order valence-corrected chi connectivity index (χ4v) is 8.13. The van der Waals surface area contributed by atoms with E-state index in [9.17, 15) is 18.3 Å². The number of anilines is 2. The van der Waals surface area contributed by atoms with Crippen LogP contribution in [0, 0.1) is 11.2 Å². The topological polar surface area (TPSA) is 122 Å². The molecule has 240 valence electrons. The Morgan fingerprint density at radius 1 is 1.02 bits per heavy atom. The number of phenols is 1. The summed E-state index contributed by atoms with van der Waals surface area (Å²) in [4.78, 5) is 14.1. The van der Waals surface area contributed by atoms with E-state index in [1.807, 2.05) is 44.2 Å². The fourth-order valence-electron chi connectivity index (χ4n) is 6.45. The lowest BCUT2D eigenvalue weighted by Crippen LogP contribution is -2.40. The summed E-state index contributed by atoms with van der Waals surface area (Å²) in [7, 11) is -4.45. The molecule has 11 heteroatoms. The molecule has 1 unspecified atom stereocenters. The number of para-hydroxylation sites is 2. The predicted molar refractivity (Wildman–Crippen MR) is 176 cm³/mol. The first kappa shape index (κ1) is 30.5. The third-order valence-corrected chi connectivity index (χ3v) is 10.2. The number of halogens is 1. The zero-order chi connectivity index (χ0) is 32.9. The number of aromatic nitrogens is 1. The molecule has 1 aromatic heterocycles. The minimum absolute atomic E-state index is 0.0378. The van der Waals surface area contributed by atoms with Crippen LogP contribution in [0.1, 0.15) is 49.6 Å². The van der Waals surface area contributed by atoms with Crippen LogP contribution in [0.2, 0.25) is 0 Å². The number of hydrogen-bond donors (Lipinski definition) is 2. The summed E-state index contributed by atoms with van der Waals surface area (Å²) in [6.45, 7) is 4.08. The van der Waals surface area contributed by atoms with Crippen LogP contribution >= 0.6 is 0 Å². The minimum Gasteiger partial charge on any atom is -0.506 e. The lowest BCUT2D eigenvalue weighted by Gasteiger charge is -2.37. The van der Waals surface area contributed by atoms with Gasteiger partial charge in [0.1, 0.15) is 47.1 Å². The second kappa shape index (κ2) is 11.6. The van der Waals surface area contributed by atoms with E-state index >= 15 is 4.39 Å². The van der Waals surface area contributed by atoms with Gasteiger partial charge in [0.2, 0.25) is 10.0 Å². The molecule has 2 heterocycles. The van der Waals surface area contributed by atoms with Crippen LogP contribution in [0.3, 0.4) is 0 Å². The molecule has 0 fully saturated rings. The Labute approximate surface area is 271 Å². The summed E-state index contributed by atoms with van der Waals surface area (Å²) in [5.41, 5.74) is 1.66. The summed E-state index contributed by atoms with van der Waals surface area (Å²) in [6, 6.07) is 23.6. The minimum atomic E-state index is -4.45. The van der Waals surface area contributed by atoms with Crippen LogP contribution in [-0.2, 0) is 27.2 Å². The molecular formula is C36H32FN3O6S. The molecule has 5 aromatic rings. The maximum Gasteiger partial charge on any atom is 0.242 e. The number of carbonyl (C=O) groups is 1. The van der Waals surface area contributed by atoms with E-state index < -0.39 is 33.1 Å². The Balaban J connectivity index is 1.40. The van der Waals surface area contributed by atoms with Gasteiger partial charge in [-0.15, -0.1) is 0 Å². The van der Waals surface area contributed by atoms with Crippen LogP contribution in [0.5, 0.6) is 11.5 Å². The van der Waals surface area contributed by atoms with Gasteiger partial charge in [-0.25, -0.2) is 12.8 Å². The molecule has 0 amide bonds. The number of fused-ring (bicyclic) bond motifs is 2. The van der Waals surface area contributed by atoms with Gasteiger partial charge in [0.15, 0.2) is 11.4 Å². The van der Waals surface area contributed by atoms with Gasteiger partial charge in [-0.05, 0) is 53.8 Å². The number of nitrogens with one attached hydrogen (secondary N) is 1. The quantitative estimate of drug-likeness (QED) is 0.174. The van der Waals surface area contributed by atoms with Crippen LogP contribution in [-0.4, -0.2) is 24.5 Å².